The Morgan fingerprint density at radius 3 is 2.70 bits per heavy atom. The lowest BCUT2D eigenvalue weighted by Gasteiger charge is -2.10. The van der Waals surface area contributed by atoms with Gasteiger partial charge in [0, 0.05) is 24.8 Å². The van der Waals surface area contributed by atoms with Crippen molar-refractivity contribution in [2.45, 2.75) is 6.10 Å². The van der Waals surface area contributed by atoms with E-state index in [9.17, 15) is 5.11 Å². The van der Waals surface area contributed by atoms with E-state index < -0.39 is 6.10 Å². The molecule has 6 heteroatoms. The number of aryl methyl sites for hydroxylation is 1. The third-order valence-corrected chi connectivity index (χ3v) is 3.19. The topological polar surface area (TPSA) is 73.1 Å². The highest BCUT2D eigenvalue weighted by Crippen LogP contribution is 2.30. The van der Waals surface area contributed by atoms with Crippen LogP contribution in [0.1, 0.15) is 17.5 Å². The minimum absolute atomic E-state index is 0.301. The molecule has 1 unspecified atom stereocenters. The summed E-state index contributed by atoms with van der Waals surface area (Å²) in [4.78, 5) is 8.21. The molecule has 0 aliphatic heterocycles. The first kappa shape index (κ1) is 12.6. The van der Waals surface area contributed by atoms with Gasteiger partial charge in [0.15, 0.2) is 0 Å². The van der Waals surface area contributed by atoms with Gasteiger partial charge in [0.25, 0.3) is 0 Å². The van der Waals surface area contributed by atoms with Gasteiger partial charge in [-0.05, 0) is 6.07 Å². The van der Waals surface area contributed by atoms with Crippen LogP contribution in [0.5, 0.6) is 5.88 Å². The standard InChI is InChI=1S/C14H14N4O2/c1-18-10-6-4-3-5-9(10)11(17-18)13(19)12-14(20-2)16-8-7-15-12/h3-8,13,19H,1-2H3. The van der Waals surface area contributed by atoms with Crippen LogP contribution >= 0.6 is 0 Å². The zero-order valence-corrected chi connectivity index (χ0v) is 11.2. The lowest BCUT2D eigenvalue weighted by atomic mass is 10.1. The second-order valence-electron chi connectivity index (χ2n) is 4.38. The van der Waals surface area contributed by atoms with Gasteiger partial charge in [-0.3, -0.25) is 9.67 Å². The van der Waals surface area contributed by atoms with Crippen molar-refractivity contribution < 1.29 is 9.84 Å². The lowest BCUT2D eigenvalue weighted by Crippen LogP contribution is -2.07. The number of ether oxygens (including phenoxy) is 1. The molecule has 2 heterocycles. The monoisotopic (exact) mass is 270 g/mol. The zero-order chi connectivity index (χ0) is 14.1. The molecule has 3 aromatic rings. The Bertz CT molecular complexity index is 754. The van der Waals surface area contributed by atoms with Crippen molar-refractivity contribution in [1.82, 2.24) is 19.7 Å². The Kier molecular flexibility index (Phi) is 3.08. The van der Waals surface area contributed by atoms with Crippen LogP contribution in [0.4, 0.5) is 0 Å². The predicted octanol–water partition coefficient (Wildman–Crippen LogP) is 1.45. The molecule has 1 N–H and O–H groups in total. The Hall–Kier alpha value is -2.47. The minimum atomic E-state index is -0.982. The highest BCUT2D eigenvalue weighted by molar-refractivity contribution is 5.82. The summed E-state index contributed by atoms with van der Waals surface area (Å²) in [5.41, 5.74) is 1.85. The molecule has 1 aromatic carbocycles. The van der Waals surface area contributed by atoms with Crippen LogP contribution in [0.15, 0.2) is 36.7 Å². The Labute approximate surface area is 115 Å². The number of para-hydroxylation sites is 1. The van der Waals surface area contributed by atoms with E-state index in [2.05, 4.69) is 15.1 Å². The van der Waals surface area contributed by atoms with E-state index in [1.54, 1.807) is 4.68 Å². The van der Waals surface area contributed by atoms with Gasteiger partial charge in [-0.1, -0.05) is 18.2 Å². The summed E-state index contributed by atoms with van der Waals surface area (Å²) in [6, 6.07) is 7.72. The maximum absolute atomic E-state index is 10.6. The van der Waals surface area contributed by atoms with Gasteiger partial charge in [-0.25, -0.2) is 4.98 Å². The molecule has 20 heavy (non-hydrogen) atoms. The number of methoxy groups -OCH3 is 1. The number of fused-ring (bicyclic) bond motifs is 1. The van der Waals surface area contributed by atoms with Crippen molar-refractivity contribution in [3.63, 3.8) is 0 Å². The van der Waals surface area contributed by atoms with Crippen molar-refractivity contribution in [2.24, 2.45) is 7.05 Å². The van der Waals surface area contributed by atoms with Gasteiger partial charge >= 0.3 is 0 Å². The molecule has 0 fully saturated rings. The molecule has 0 saturated carbocycles. The Morgan fingerprint density at radius 1 is 1.15 bits per heavy atom. The first-order valence-electron chi connectivity index (χ1n) is 6.17. The number of aliphatic hydroxyl groups excluding tert-OH is 1. The van der Waals surface area contributed by atoms with E-state index in [0.29, 0.717) is 17.3 Å². The number of hydrogen-bond donors (Lipinski definition) is 1. The van der Waals surface area contributed by atoms with Gasteiger partial charge in [0.05, 0.1) is 12.6 Å². The summed E-state index contributed by atoms with van der Waals surface area (Å²) < 4.78 is 6.87. The first-order chi connectivity index (χ1) is 9.72. The molecule has 0 radical (unpaired) electrons. The minimum Gasteiger partial charge on any atom is -0.480 e. The summed E-state index contributed by atoms with van der Waals surface area (Å²) in [6.45, 7) is 0. The van der Waals surface area contributed by atoms with Crippen LogP contribution < -0.4 is 4.74 Å². The second-order valence-corrected chi connectivity index (χ2v) is 4.38. The number of benzene rings is 1. The quantitative estimate of drug-likeness (QED) is 0.780. The van der Waals surface area contributed by atoms with E-state index >= 15 is 0 Å². The molecule has 3 rings (SSSR count). The molecule has 102 valence electrons. The average molecular weight is 270 g/mol. The van der Waals surface area contributed by atoms with E-state index in [-0.39, 0.29) is 0 Å². The number of nitrogens with zero attached hydrogens (tertiary/aromatic N) is 4. The molecule has 0 aliphatic rings. The van der Waals surface area contributed by atoms with Crippen LogP contribution in [-0.4, -0.2) is 32.0 Å². The second kappa shape index (κ2) is 4.90. The van der Waals surface area contributed by atoms with Gasteiger partial charge in [-0.15, -0.1) is 0 Å². The normalized spacial score (nSPS) is 12.6. The maximum atomic E-state index is 10.6. The molecule has 2 aromatic heterocycles. The Morgan fingerprint density at radius 2 is 1.90 bits per heavy atom. The number of aliphatic hydroxyl groups is 1. The molecule has 0 spiro atoms. The van der Waals surface area contributed by atoms with Gasteiger partial charge < -0.3 is 9.84 Å². The molecule has 0 bridgehead atoms. The maximum Gasteiger partial charge on any atom is 0.238 e. The van der Waals surface area contributed by atoms with Crippen LogP contribution in [0, 0.1) is 0 Å². The molecule has 1 atom stereocenters. The first-order valence-corrected chi connectivity index (χ1v) is 6.17. The number of hydrogen-bond acceptors (Lipinski definition) is 5. The molecule has 0 aliphatic carbocycles. The highest BCUT2D eigenvalue weighted by Gasteiger charge is 2.23. The van der Waals surface area contributed by atoms with Crippen LogP contribution in [-0.2, 0) is 7.05 Å². The van der Waals surface area contributed by atoms with Crippen molar-refractivity contribution in [2.75, 3.05) is 7.11 Å². The average Bonchev–Trinajstić information content (AvgIpc) is 2.84. The SMILES string of the molecule is COc1nccnc1C(O)c1nn(C)c2ccccc12. The lowest BCUT2D eigenvalue weighted by molar-refractivity contribution is 0.203. The predicted molar refractivity (Wildman–Crippen MR) is 73.4 cm³/mol. The summed E-state index contributed by atoms with van der Waals surface area (Å²) in [5.74, 6) is 0.301. The molecule has 0 amide bonds. The summed E-state index contributed by atoms with van der Waals surface area (Å²) in [5, 5.41) is 15.8. The smallest absolute Gasteiger partial charge is 0.238 e. The van der Waals surface area contributed by atoms with Crippen LogP contribution in [0.3, 0.4) is 0 Å². The van der Waals surface area contributed by atoms with E-state index in [1.165, 1.54) is 19.5 Å². The van der Waals surface area contributed by atoms with Crippen molar-refractivity contribution in [3.8, 4) is 5.88 Å². The summed E-state index contributed by atoms with van der Waals surface area (Å²) >= 11 is 0. The summed E-state index contributed by atoms with van der Waals surface area (Å²) in [7, 11) is 3.34. The van der Waals surface area contributed by atoms with E-state index in [4.69, 9.17) is 4.74 Å². The summed E-state index contributed by atoms with van der Waals surface area (Å²) in [6.07, 6.45) is 2.06. The molecule has 0 saturated heterocycles. The number of aromatic nitrogens is 4. The van der Waals surface area contributed by atoms with Crippen molar-refractivity contribution >= 4 is 10.9 Å². The fourth-order valence-electron chi connectivity index (χ4n) is 2.25. The van der Waals surface area contributed by atoms with Crippen LogP contribution in [0.2, 0.25) is 0 Å². The highest BCUT2D eigenvalue weighted by atomic mass is 16.5. The van der Waals surface area contributed by atoms with Gasteiger partial charge in [0.1, 0.15) is 17.5 Å². The van der Waals surface area contributed by atoms with Gasteiger partial charge in [0.2, 0.25) is 5.88 Å². The molecule has 6 nitrogen and oxygen atoms in total. The van der Waals surface area contributed by atoms with Crippen LogP contribution in [0.25, 0.3) is 10.9 Å². The van der Waals surface area contributed by atoms with Gasteiger partial charge in [-0.2, -0.15) is 5.10 Å². The third-order valence-electron chi connectivity index (χ3n) is 3.19. The fraction of sp³-hybridized carbons (Fsp3) is 0.214. The molecular formula is C14H14N4O2. The van der Waals surface area contributed by atoms with Crippen molar-refractivity contribution in [3.05, 3.63) is 48.0 Å². The molecular weight excluding hydrogens is 256 g/mol. The third kappa shape index (κ3) is 1.90. The largest absolute Gasteiger partial charge is 0.480 e. The van der Waals surface area contributed by atoms with E-state index in [1.807, 2.05) is 31.3 Å². The Balaban J connectivity index is 2.15. The van der Waals surface area contributed by atoms with Crippen molar-refractivity contribution in [1.29, 1.82) is 0 Å². The fourth-order valence-corrected chi connectivity index (χ4v) is 2.25. The number of rotatable bonds is 3. The van der Waals surface area contributed by atoms with E-state index in [0.717, 1.165) is 10.9 Å². The zero-order valence-electron chi connectivity index (χ0n) is 11.2.